The van der Waals surface area contributed by atoms with Gasteiger partial charge in [-0.15, -0.1) is 5.10 Å². The molecule has 3 N–H and O–H groups in total. The molecule has 130 valence electrons. The smallest absolute Gasteiger partial charge is 0.213 e. The van der Waals surface area contributed by atoms with Gasteiger partial charge < -0.3 is 11.1 Å². The molecule has 0 bridgehead atoms. The van der Waals surface area contributed by atoms with E-state index in [1.807, 2.05) is 24.4 Å². The molecule has 26 heavy (non-hydrogen) atoms. The van der Waals surface area contributed by atoms with Crippen molar-refractivity contribution in [1.82, 2.24) is 25.1 Å². The van der Waals surface area contributed by atoms with E-state index in [1.54, 1.807) is 16.9 Å². The number of nitrogens with two attached hydrogens (primary N) is 1. The molecule has 0 saturated heterocycles. The second kappa shape index (κ2) is 5.35. The van der Waals surface area contributed by atoms with Crippen LogP contribution >= 0.6 is 0 Å². The van der Waals surface area contributed by atoms with Crippen LogP contribution in [0.3, 0.4) is 0 Å². The summed E-state index contributed by atoms with van der Waals surface area (Å²) in [6.07, 6.45) is 9.30. The number of nitrogens with zero attached hydrogens (tertiary/aromatic N) is 5. The van der Waals surface area contributed by atoms with Crippen molar-refractivity contribution < 1.29 is 4.39 Å². The Morgan fingerprint density at radius 3 is 2.92 bits per heavy atom. The highest BCUT2D eigenvalue weighted by atomic mass is 19.1. The van der Waals surface area contributed by atoms with Crippen molar-refractivity contribution in [3.05, 3.63) is 60.4 Å². The standard InChI is InChI=1S/C18H16FN7/c19-16-9-11(5-7-21-16)14-3-4-15-13(10-23-26(15)25-14)18(12-1-2-12)6-8-22-17(20)24-18/h3-10,12H,1-2H2,(H3,20,22,24). The molecule has 0 amide bonds. The summed E-state index contributed by atoms with van der Waals surface area (Å²) in [5.41, 5.74) is 8.54. The second-order valence-corrected chi connectivity index (χ2v) is 6.59. The molecule has 0 spiro atoms. The van der Waals surface area contributed by atoms with E-state index in [4.69, 9.17) is 10.7 Å². The van der Waals surface area contributed by atoms with Gasteiger partial charge in [-0.25, -0.2) is 9.98 Å². The van der Waals surface area contributed by atoms with Crippen LogP contribution < -0.4 is 11.1 Å². The van der Waals surface area contributed by atoms with E-state index >= 15 is 0 Å². The number of aliphatic imine (C=N–C) groups is 1. The minimum absolute atomic E-state index is 0.399. The molecule has 1 atom stereocenters. The van der Waals surface area contributed by atoms with Gasteiger partial charge in [-0.2, -0.15) is 14.1 Å². The molecule has 0 aromatic carbocycles. The molecule has 1 unspecified atom stereocenters. The van der Waals surface area contributed by atoms with Crippen LogP contribution in [0.15, 0.2) is 53.9 Å². The summed E-state index contributed by atoms with van der Waals surface area (Å²) in [5.74, 6) is 0.264. The molecule has 2 aliphatic rings. The number of pyridine rings is 1. The first-order valence-electron chi connectivity index (χ1n) is 8.43. The van der Waals surface area contributed by atoms with Gasteiger partial charge in [0.25, 0.3) is 0 Å². The number of rotatable bonds is 3. The highest BCUT2D eigenvalue weighted by molar-refractivity contribution is 5.81. The normalized spacial score (nSPS) is 22.3. The van der Waals surface area contributed by atoms with Gasteiger partial charge in [-0.1, -0.05) is 0 Å². The van der Waals surface area contributed by atoms with Crippen molar-refractivity contribution in [2.75, 3.05) is 0 Å². The van der Waals surface area contributed by atoms with Crippen molar-refractivity contribution in [2.45, 2.75) is 18.4 Å². The van der Waals surface area contributed by atoms with Crippen LogP contribution in [0.25, 0.3) is 16.8 Å². The zero-order chi connectivity index (χ0) is 17.7. The van der Waals surface area contributed by atoms with E-state index in [-0.39, 0.29) is 0 Å². The fraction of sp³-hybridized carbons (Fsp3) is 0.222. The van der Waals surface area contributed by atoms with Crippen LogP contribution in [0, 0.1) is 11.9 Å². The SMILES string of the molecule is NC1=NC(c2cnn3nc(-c4ccnc(F)c4)ccc23)(C2CC2)C=CN1. The zero-order valence-electron chi connectivity index (χ0n) is 13.8. The van der Waals surface area contributed by atoms with Gasteiger partial charge in [0.15, 0.2) is 5.96 Å². The summed E-state index contributed by atoms with van der Waals surface area (Å²) in [5, 5.41) is 11.9. The largest absolute Gasteiger partial charge is 0.370 e. The van der Waals surface area contributed by atoms with Crippen LogP contribution in [0.4, 0.5) is 4.39 Å². The molecule has 0 radical (unpaired) electrons. The summed E-state index contributed by atoms with van der Waals surface area (Å²) >= 11 is 0. The molecule has 4 heterocycles. The van der Waals surface area contributed by atoms with Gasteiger partial charge in [0.05, 0.1) is 17.4 Å². The molecule has 3 aromatic heterocycles. The molecular formula is C18H16FN7. The lowest BCUT2D eigenvalue weighted by Crippen LogP contribution is -2.38. The number of hydrogen-bond donors (Lipinski definition) is 2. The summed E-state index contributed by atoms with van der Waals surface area (Å²) in [6.45, 7) is 0. The zero-order valence-corrected chi connectivity index (χ0v) is 13.8. The summed E-state index contributed by atoms with van der Waals surface area (Å²) in [4.78, 5) is 8.30. The average molecular weight is 349 g/mol. The fourth-order valence-corrected chi connectivity index (χ4v) is 3.55. The third-order valence-corrected chi connectivity index (χ3v) is 4.92. The molecular weight excluding hydrogens is 333 g/mol. The van der Waals surface area contributed by atoms with E-state index in [2.05, 4.69) is 20.5 Å². The minimum Gasteiger partial charge on any atom is -0.370 e. The Bertz CT molecular complexity index is 1070. The lowest BCUT2D eigenvalue weighted by molar-refractivity contribution is 0.483. The second-order valence-electron chi connectivity index (χ2n) is 6.59. The molecule has 3 aromatic rings. The predicted octanol–water partition coefficient (Wildman–Crippen LogP) is 1.97. The monoisotopic (exact) mass is 349 g/mol. The Balaban J connectivity index is 1.64. The minimum atomic E-state index is -0.539. The van der Waals surface area contributed by atoms with E-state index in [0.29, 0.717) is 23.1 Å². The maximum atomic E-state index is 13.4. The van der Waals surface area contributed by atoms with Crippen molar-refractivity contribution >= 4 is 11.5 Å². The van der Waals surface area contributed by atoms with E-state index in [1.165, 1.54) is 12.3 Å². The van der Waals surface area contributed by atoms with Crippen LogP contribution in [-0.2, 0) is 5.54 Å². The Kier molecular flexibility index (Phi) is 3.09. The van der Waals surface area contributed by atoms with Crippen molar-refractivity contribution in [2.24, 2.45) is 16.6 Å². The number of aromatic nitrogens is 4. The number of hydrogen-bond acceptors (Lipinski definition) is 6. The highest BCUT2D eigenvalue weighted by Crippen LogP contribution is 2.51. The Morgan fingerprint density at radius 1 is 1.27 bits per heavy atom. The summed E-state index contributed by atoms with van der Waals surface area (Å²) in [6, 6.07) is 6.86. The topological polar surface area (TPSA) is 93.5 Å². The van der Waals surface area contributed by atoms with Gasteiger partial charge in [0.2, 0.25) is 5.95 Å². The third kappa shape index (κ3) is 2.26. The molecule has 1 fully saturated rings. The quantitative estimate of drug-likeness (QED) is 0.705. The molecule has 7 nitrogen and oxygen atoms in total. The molecule has 1 aliphatic heterocycles. The van der Waals surface area contributed by atoms with Gasteiger partial charge in [0, 0.05) is 29.6 Å². The first kappa shape index (κ1) is 15.0. The Hall–Kier alpha value is -3.29. The Morgan fingerprint density at radius 2 is 2.15 bits per heavy atom. The molecule has 1 saturated carbocycles. The maximum Gasteiger partial charge on any atom is 0.213 e. The van der Waals surface area contributed by atoms with Gasteiger partial charge in [-0.05, 0) is 43.0 Å². The van der Waals surface area contributed by atoms with E-state index in [0.717, 1.165) is 23.9 Å². The van der Waals surface area contributed by atoms with Crippen LogP contribution in [-0.4, -0.2) is 25.8 Å². The van der Waals surface area contributed by atoms with Gasteiger partial charge >= 0.3 is 0 Å². The van der Waals surface area contributed by atoms with Crippen molar-refractivity contribution in [1.29, 1.82) is 0 Å². The van der Waals surface area contributed by atoms with Gasteiger partial charge in [0.1, 0.15) is 5.54 Å². The molecule has 5 rings (SSSR count). The molecule has 1 aliphatic carbocycles. The van der Waals surface area contributed by atoms with Crippen molar-refractivity contribution in [3.63, 3.8) is 0 Å². The lowest BCUT2D eigenvalue weighted by atomic mass is 9.85. The average Bonchev–Trinajstić information content (AvgIpc) is 3.41. The summed E-state index contributed by atoms with van der Waals surface area (Å²) < 4.78 is 15.0. The first-order chi connectivity index (χ1) is 12.7. The van der Waals surface area contributed by atoms with Crippen molar-refractivity contribution in [3.8, 4) is 11.3 Å². The van der Waals surface area contributed by atoms with E-state index in [9.17, 15) is 4.39 Å². The number of fused-ring (bicyclic) bond motifs is 1. The number of guanidine groups is 1. The lowest BCUT2D eigenvalue weighted by Gasteiger charge is -2.29. The van der Waals surface area contributed by atoms with Crippen LogP contribution in [0.1, 0.15) is 18.4 Å². The van der Waals surface area contributed by atoms with Crippen LogP contribution in [0.5, 0.6) is 0 Å². The van der Waals surface area contributed by atoms with Crippen LogP contribution in [0.2, 0.25) is 0 Å². The first-order valence-corrected chi connectivity index (χ1v) is 8.43. The molecule has 8 heteroatoms. The summed E-state index contributed by atoms with van der Waals surface area (Å²) in [7, 11) is 0. The Labute approximate surface area is 148 Å². The fourth-order valence-electron chi connectivity index (χ4n) is 3.55. The maximum absolute atomic E-state index is 13.4. The number of nitrogens with one attached hydrogen (secondary N) is 1. The van der Waals surface area contributed by atoms with E-state index < -0.39 is 11.5 Å². The predicted molar refractivity (Wildman–Crippen MR) is 94.5 cm³/mol. The third-order valence-electron chi connectivity index (χ3n) is 4.92. The van der Waals surface area contributed by atoms with Gasteiger partial charge in [-0.3, -0.25) is 0 Å². The highest BCUT2D eigenvalue weighted by Gasteiger charge is 2.47. The number of halogens is 1.